The van der Waals surface area contributed by atoms with E-state index >= 15 is 0 Å². The molecule has 0 aliphatic carbocycles. The lowest BCUT2D eigenvalue weighted by molar-refractivity contribution is 1.45. The van der Waals surface area contributed by atoms with Gasteiger partial charge in [-0.3, -0.25) is 0 Å². The molecular formula is C26H10N6. The summed E-state index contributed by atoms with van der Waals surface area (Å²) >= 11 is 0. The van der Waals surface area contributed by atoms with Crippen LogP contribution in [-0.4, -0.2) is 0 Å². The van der Waals surface area contributed by atoms with Gasteiger partial charge in [0, 0.05) is 0 Å². The number of hydrogen-bond acceptors (Lipinski definition) is 3. The van der Waals surface area contributed by atoms with Crippen molar-refractivity contribution < 1.29 is 0 Å². The topological polar surface area (TPSA) is 84.4 Å². The molecule has 0 heterocycles. The molecule has 6 nitrogen and oxygen atoms in total. The van der Waals surface area contributed by atoms with Gasteiger partial charge in [-0.25, -0.2) is 25.1 Å². The maximum absolute atomic E-state index is 9.57. The lowest BCUT2D eigenvalue weighted by atomic mass is 9.93. The zero-order valence-electron chi connectivity index (χ0n) is 16.5. The monoisotopic (exact) mass is 406 g/mol. The highest BCUT2D eigenvalue weighted by atomic mass is 14.7. The standard InChI is InChI=1S/C26H10N6/c1-30-20-9-5-8-19(11-20)22-13-23(25(15-28)31-2)21(12-24(22)26(16-29)32-3)18-7-4-6-17(10-18)14-27/h4-13H/b25-23+,26-24-. The summed E-state index contributed by atoms with van der Waals surface area (Å²) in [6.07, 6.45) is 0. The summed E-state index contributed by atoms with van der Waals surface area (Å²) in [5.74, 6) is 0. The van der Waals surface area contributed by atoms with Gasteiger partial charge in [0.2, 0.25) is 0 Å². The van der Waals surface area contributed by atoms with Crippen LogP contribution in [0.15, 0.2) is 60.7 Å². The molecule has 0 atom stereocenters. The van der Waals surface area contributed by atoms with Crippen LogP contribution in [0.25, 0.3) is 48.2 Å². The average Bonchev–Trinajstić information content (AvgIpc) is 2.85. The summed E-state index contributed by atoms with van der Waals surface area (Å²) in [5.41, 5.74) is 2.47. The van der Waals surface area contributed by atoms with Crippen LogP contribution in [-0.2, 0) is 0 Å². The van der Waals surface area contributed by atoms with Crippen LogP contribution < -0.4 is 10.4 Å². The van der Waals surface area contributed by atoms with Crippen LogP contribution >= 0.6 is 0 Å². The minimum absolute atomic E-state index is 0.168. The van der Waals surface area contributed by atoms with E-state index in [4.69, 9.17) is 19.7 Å². The van der Waals surface area contributed by atoms with Crippen LogP contribution in [0, 0.1) is 53.7 Å². The summed E-state index contributed by atoms with van der Waals surface area (Å²) < 4.78 is 0. The molecule has 6 heteroatoms. The van der Waals surface area contributed by atoms with E-state index in [1.54, 1.807) is 60.7 Å². The van der Waals surface area contributed by atoms with Gasteiger partial charge < -0.3 is 0 Å². The van der Waals surface area contributed by atoms with Gasteiger partial charge in [0.25, 0.3) is 11.4 Å². The smallest absolute Gasteiger partial charge is 0.238 e. The largest absolute Gasteiger partial charge is 0.269 e. The molecule has 0 aliphatic heterocycles. The summed E-state index contributed by atoms with van der Waals surface area (Å²) in [6.45, 7) is 22.2. The first-order chi connectivity index (χ1) is 15.6. The zero-order chi connectivity index (χ0) is 23.1. The van der Waals surface area contributed by atoms with Crippen molar-refractivity contribution in [1.82, 2.24) is 0 Å². The van der Waals surface area contributed by atoms with E-state index in [1.165, 1.54) is 0 Å². The normalized spacial score (nSPS) is 11.3. The van der Waals surface area contributed by atoms with Crippen molar-refractivity contribution >= 4 is 17.1 Å². The van der Waals surface area contributed by atoms with Gasteiger partial charge in [-0.1, -0.05) is 42.5 Å². The quantitative estimate of drug-likeness (QED) is 0.586. The predicted molar refractivity (Wildman–Crippen MR) is 119 cm³/mol. The third-order valence-electron chi connectivity index (χ3n) is 4.69. The second kappa shape index (κ2) is 9.23. The van der Waals surface area contributed by atoms with Crippen molar-refractivity contribution in [2.24, 2.45) is 0 Å². The van der Waals surface area contributed by atoms with Crippen LogP contribution in [0.4, 0.5) is 5.69 Å². The second-order valence-corrected chi connectivity index (χ2v) is 6.44. The van der Waals surface area contributed by atoms with Crippen molar-refractivity contribution in [1.29, 1.82) is 15.8 Å². The van der Waals surface area contributed by atoms with Crippen molar-refractivity contribution in [2.75, 3.05) is 0 Å². The maximum atomic E-state index is 9.57. The minimum Gasteiger partial charge on any atom is -0.238 e. The van der Waals surface area contributed by atoms with Crippen LogP contribution in [0.3, 0.4) is 0 Å². The van der Waals surface area contributed by atoms with Gasteiger partial charge in [-0.05, 0) is 50.9 Å². The van der Waals surface area contributed by atoms with E-state index in [0.717, 1.165) is 0 Å². The molecule has 3 rings (SSSR count). The first kappa shape index (κ1) is 21.1. The fourth-order valence-electron chi connectivity index (χ4n) is 3.26. The third-order valence-corrected chi connectivity index (χ3v) is 4.69. The molecule has 3 aromatic rings. The first-order valence-corrected chi connectivity index (χ1v) is 9.06. The molecule has 0 amide bonds. The van der Waals surface area contributed by atoms with E-state index in [1.807, 2.05) is 12.1 Å². The lowest BCUT2D eigenvalue weighted by Crippen LogP contribution is -2.18. The average molecular weight is 406 g/mol. The Morgan fingerprint density at radius 2 is 1.22 bits per heavy atom. The number of hydrogen-bond donors (Lipinski definition) is 0. The van der Waals surface area contributed by atoms with Gasteiger partial charge in [-0.15, -0.1) is 0 Å². The Kier molecular flexibility index (Phi) is 6.07. The number of nitriles is 3. The zero-order valence-corrected chi connectivity index (χ0v) is 16.5. The molecule has 0 N–H and O–H groups in total. The molecule has 3 aromatic carbocycles. The van der Waals surface area contributed by atoms with Gasteiger partial charge in [0.15, 0.2) is 5.69 Å². The van der Waals surface area contributed by atoms with Gasteiger partial charge in [0.1, 0.15) is 0 Å². The summed E-state index contributed by atoms with van der Waals surface area (Å²) in [6, 6.07) is 22.4. The lowest BCUT2D eigenvalue weighted by Gasteiger charge is -2.11. The number of benzene rings is 3. The Bertz CT molecular complexity index is 1480. The van der Waals surface area contributed by atoms with Gasteiger partial charge >= 0.3 is 0 Å². The van der Waals surface area contributed by atoms with E-state index < -0.39 is 0 Å². The molecule has 0 saturated carbocycles. The second-order valence-electron chi connectivity index (χ2n) is 6.44. The molecule has 0 fully saturated rings. The van der Waals surface area contributed by atoms with Crippen LogP contribution in [0.2, 0.25) is 0 Å². The molecule has 0 saturated heterocycles. The molecule has 0 spiro atoms. The molecule has 0 unspecified atom stereocenters. The molecule has 0 radical (unpaired) electrons. The molecule has 32 heavy (non-hydrogen) atoms. The fourth-order valence-corrected chi connectivity index (χ4v) is 3.26. The fraction of sp³-hybridized carbons (Fsp3) is 0. The van der Waals surface area contributed by atoms with E-state index in [9.17, 15) is 15.8 Å². The maximum Gasteiger partial charge on any atom is 0.269 e. The highest BCUT2D eigenvalue weighted by molar-refractivity contribution is 5.83. The SMILES string of the molecule is [C-]#[N+]/C(C#N)=c1/cc(-c2cccc(C#N)c2)/c(=C(\C#N)[N+]#[C-])cc1-c1cccc([N+]#[C-])c1. The van der Waals surface area contributed by atoms with Crippen molar-refractivity contribution in [3.63, 3.8) is 0 Å². The van der Waals surface area contributed by atoms with Crippen LogP contribution in [0.5, 0.6) is 0 Å². The Labute approximate surface area is 184 Å². The molecule has 0 aliphatic rings. The van der Waals surface area contributed by atoms with Crippen molar-refractivity contribution in [3.05, 3.63) is 111 Å². The Morgan fingerprint density at radius 1 is 0.688 bits per heavy atom. The van der Waals surface area contributed by atoms with E-state index in [2.05, 4.69) is 20.6 Å². The summed E-state index contributed by atoms with van der Waals surface area (Å²) in [5, 5.41) is 29.0. The highest BCUT2D eigenvalue weighted by Crippen LogP contribution is 2.24. The molecular weight excluding hydrogens is 396 g/mol. The number of rotatable bonds is 2. The van der Waals surface area contributed by atoms with Gasteiger partial charge in [0.05, 0.1) is 43.5 Å². The van der Waals surface area contributed by atoms with Gasteiger partial charge in [-0.2, -0.15) is 5.26 Å². The third kappa shape index (κ3) is 3.90. The Hall–Kier alpha value is -5.66. The Morgan fingerprint density at radius 3 is 1.69 bits per heavy atom. The highest BCUT2D eigenvalue weighted by Gasteiger charge is 2.13. The van der Waals surface area contributed by atoms with Crippen molar-refractivity contribution in [3.8, 4) is 40.5 Å². The Balaban J connectivity index is 2.62. The molecule has 0 aromatic heterocycles. The van der Waals surface area contributed by atoms with Crippen molar-refractivity contribution in [2.45, 2.75) is 0 Å². The molecule has 144 valence electrons. The van der Waals surface area contributed by atoms with E-state index in [0.29, 0.717) is 43.9 Å². The summed E-state index contributed by atoms with van der Waals surface area (Å²) in [7, 11) is 0. The van der Waals surface area contributed by atoms with E-state index in [-0.39, 0.29) is 11.4 Å². The molecule has 0 bridgehead atoms. The first-order valence-electron chi connectivity index (χ1n) is 9.06. The summed E-state index contributed by atoms with van der Waals surface area (Å²) in [4.78, 5) is 10.1. The predicted octanol–water partition coefficient (Wildman–Crippen LogP) is 4.55. The minimum atomic E-state index is -0.169. The van der Waals surface area contributed by atoms with Crippen LogP contribution in [0.1, 0.15) is 5.56 Å². The number of nitrogens with zero attached hydrogens (tertiary/aromatic N) is 6.